The predicted molar refractivity (Wildman–Crippen MR) is 62.5 cm³/mol. The summed E-state index contributed by atoms with van der Waals surface area (Å²) < 4.78 is 0. The first-order valence-electron chi connectivity index (χ1n) is 5.10. The molecule has 0 radical (unpaired) electrons. The first kappa shape index (κ1) is 12.7. The summed E-state index contributed by atoms with van der Waals surface area (Å²) in [6.45, 7) is 1.69. The van der Waals surface area contributed by atoms with Crippen LogP contribution in [0.5, 0.6) is 0 Å². The maximum absolute atomic E-state index is 11.4. The Morgan fingerprint density at radius 1 is 1.56 bits per heavy atom. The van der Waals surface area contributed by atoms with E-state index in [2.05, 4.69) is 5.32 Å². The molecule has 16 heavy (non-hydrogen) atoms. The Balaban J connectivity index is 2.23. The maximum Gasteiger partial charge on any atom is 0.305 e. The second-order valence-corrected chi connectivity index (χ2v) is 4.48. The first-order chi connectivity index (χ1) is 7.58. The van der Waals surface area contributed by atoms with Gasteiger partial charge in [0, 0.05) is 12.5 Å². The smallest absolute Gasteiger partial charge is 0.305 e. The molecule has 4 nitrogen and oxygen atoms in total. The van der Waals surface area contributed by atoms with E-state index in [1.807, 2.05) is 16.8 Å². The van der Waals surface area contributed by atoms with Gasteiger partial charge < -0.3 is 10.4 Å². The van der Waals surface area contributed by atoms with Crippen LogP contribution in [0.1, 0.15) is 25.3 Å². The Morgan fingerprint density at radius 3 is 2.88 bits per heavy atom. The van der Waals surface area contributed by atoms with Crippen LogP contribution in [0.4, 0.5) is 0 Å². The highest BCUT2D eigenvalue weighted by Gasteiger charge is 2.10. The van der Waals surface area contributed by atoms with Crippen molar-refractivity contribution in [2.75, 3.05) is 0 Å². The molecule has 1 atom stereocenters. The van der Waals surface area contributed by atoms with Crippen molar-refractivity contribution in [1.29, 1.82) is 0 Å². The number of hydrogen-bond acceptors (Lipinski definition) is 3. The number of aryl methyl sites for hydroxylation is 1. The molecule has 5 heteroatoms. The summed E-state index contributed by atoms with van der Waals surface area (Å²) in [5, 5.41) is 15.2. The van der Waals surface area contributed by atoms with E-state index >= 15 is 0 Å². The number of thiophene rings is 1. The van der Waals surface area contributed by atoms with Crippen LogP contribution in [-0.4, -0.2) is 23.0 Å². The van der Waals surface area contributed by atoms with Crippen molar-refractivity contribution in [3.8, 4) is 0 Å². The number of carbonyl (C=O) groups excluding carboxylic acids is 1. The maximum atomic E-state index is 11.4. The normalized spacial score (nSPS) is 12.1. The van der Waals surface area contributed by atoms with Crippen LogP contribution in [0.3, 0.4) is 0 Å². The van der Waals surface area contributed by atoms with Crippen molar-refractivity contribution in [3.63, 3.8) is 0 Å². The number of carboxylic acid groups (broad SMARTS) is 1. The van der Waals surface area contributed by atoms with Gasteiger partial charge in [-0.15, -0.1) is 0 Å². The quantitative estimate of drug-likeness (QED) is 0.796. The van der Waals surface area contributed by atoms with E-state index in [4.69, 9.17) is 5.11 Å². The summed E-state index contributed by atoms with van der Waals surface area (Å²) in [4.78, 5) is 21.8. The van der Waals surface area contributed by atoms with Crippen LogP contribution in [-0.2, 0) is 16.0 Å². The monoisotopic (exact) mass is 241 g/mol. The Labute approximate surface area is 98.3 Å². The van der Waals surface area contributed by atoms with Gasteiger partial charge in [-0.3, -0.25) is 9.59 Å². The van der Waals surface area contributed by atoms with E-state index < -0.39 is 5.97 Å². The molecule has 88 valence electrons. The van der Waals surface area contributed by atoms with Crippen LogP contribution in [0.2, 0.25) is 0 Å². The molecule has 0 aliphatic carbocycles. The van der Waals surface area contributed by atoms with Crippen molar-refractivity contribution in [3.05, 3.63) is 22.4 Å². The van der Waals surface area contributed by atoms with Gasteiger partial charge in [0.15, 0.2) is 0 Å². The van der Waals surface area contributed by atoms with Crippen molar-refractivity contribution in [2.45, 2.75) is 32.2 Å². The third-order valence-corrected chi connectivity index (χ3v) is 2.84. The van der Waals surface area contributed by atoms with E-state index in [1.165, 1.54) is 0 Å². The van der Waals surface area contributed by atoms with Gasteiger partial charge in [0.2, 0.25) is 5.91 Å². The van der Waals surface area contributed by atoms with E-state index in [1.54, 1.807) is 18.3 Å². The minimum Gasteiger partial charge on any atom is -0.481 e. The van der Waals surface area contributed by atoms with E-state index in [9.17, 15) is 9.59 Å². The summed E-state index contributed by atoms with van der Waals surface area (Å²) in [5.41, 5.74) is 1.14. The van der Waals surface area contributed by atoms with E-state index in [0.29, 0.717) is 12.8 Å². The minimum absolute atomic E-state index is 0.0375. The highest BCUT2D eigenvalue weighted by atomic mass is 32.1. The average Bonchev–Trinajstić information content (AvgIpc) is 2.65. The fraction of sp³-hybridized carbons (Fsp3) is 0.455. The molecule has 0 aromatic carbocycles. The Morgan fingerprint density at radius 2 is 2.31 bits per heavy atom. The molecule has 0 saturated carbocycles. The zero-order chi connectivity index (χ0) is 12.0. The lowest BCUT2D eigenvalue weighted by Gasteiger charge is -2.10. The number of hydrogen-bond donors (Lipinski definition) is 2. The number of aliphatic carboxylic acids is 1. The van der Waals surface area contributed by atoms with Crippen LogP contribution in [0.25, 0.3) is 0 Å². The topological polar surface area (TPSA) is 66.4 Å². The summed E-state index contributed by atoms with van der Waals surface area (Å²) in [6, 6.07) is 1.67. The standard InChI is InChI=1S/C11H15NO3S/c1-8(6-11(14)15)12-10(13)3-2-9-4-5-16-7-9/h4-5,7-8H,2-3,6H2,1H3,(H,12,13)(H,14,15). The first-order valence-corrected chi connectivity index (χ1v) is 6.04. The summed E-state index contributed by atoms with van der Waals surface area (Å²) in [5.74, 6) is -0.995. The van der Waals surface area contributed by atoms with Crippen molar-refractivity contribution in [2.24, 2.45) is 0 Å². The Kier molecular flexibility index (Phi) is 4.98. The van der Waals surface area contributed by atoms with E-state index in [0.717, 1.165) is 5.56 Å². The number of amides is 1. The molecule has 1 aromatic heterocycles. The molecule has 0 aliphatic heterocycles. The zero-order valence-electron chi connectivity index (χ0n) is 9.10. The van der Waals surface area contributed by atoms with Gasteiger partial charge in [-0.25, -0.2) is 0 Å². The molecule has 0 saturated heterocycles. The molecule has 0 aliphatic rings. The average molecular weight is 241 g/mol. The van der Waals surface area contributed by atoms with Crippen molar-refractivity contribution < 1.29 is 14.7 Å². The zero-order valence-corrected chi connectivity index (χ0v) is 9.92. The van der Waals surface area contributed by atoms with Crippen LogP contribution >= 0.6 is 11.3 Å². The molecule has 1 aromatic rings. The van der Waals surface area contributed by atoms with Crippen molar-refractivity contribution in [1.82, 2.24) is 5.32 Å². The minimum atomic E-state index is -0.898. The molecular weight excluding hydrogens is 226 g/mol. The number of rotatable bonds is 6. The van der Waals surface area contributed by atoms with Crippen LogP contribution in [0.15, 0.2) is 16.8 Å². The third-order valence-electron chi connectivity index (χ3n) is 2.11. The van der Waals surface area contributed by atoms with Gasteiger partial charge in [-0.2, -0.15) is 11.3 Å². The number of carbonyl (C=O) groups is 2. The molecule has 0 fully saturated rings. The van der Waals surface area contributed by atoms with Crippen LogP contribution < -0.4 is 5.32 Å². The lowest BCUT2D eigenvalue weighted by molar-refractivity contribution is -0.137. The number of carboxylic acids is 1. The fourth-order valence-corrected chi connectivity index (χ4v) is 2.06. The highest BCUT2D eigenvalue weighted by Crippen LogP contribution is 2.08. The molecule has 0 bridgehead atoms. The van der Waals surface area contributed by atoms with Gasteiger partial charge in [0.1, 0.15) is 0 Å². The van der Waals surface area contributed by atoms with Crippen molar-refractivity contribution >= 4 is 23.2 Å². The molecular formula is C11H15NO3S. The van der Waals surface area contributed by atoms with Gasteiger partial charge in [-0.1, -0.05) is 0 Å². The fourth-order valence-electron chi connectivity index (χ4n) is 1.35. The lowest BCUT2D eigenvalue weighted by atomic mass is 10.1. The second kappa shape index (κ2) is 6.27. The molecule has 1 unspecified atom stereocenters. The Hall–Kier alpha value is -1.36. The van der Waals surface area contributed by atoms with Crippen LogP contribution in [0, 0.1) is 0 Å². The molecule has 2 N–H and O–H groups in total. The van der Waals surface area contributed by atoms with E-state index in [-0.39, 0.29) is 18.4 Å². The molecule has 1 rings (SSSR count). The lowest BCUT2D eigenvalue weighted by Crippen LogP contribution is -2.34. The van der Waals surface area contributed by atoms with Gasteiger partial charge in [-0.05, 0) is 35.7 Å². The largest absolute Gasteiger partial charge is 0.481 e. The third kappa shape index (κ3) is 4.93. The summed E-state index contributed by atoms with van der Waals surface area (Å²) in [6.07, 6.45) is 1.07. The van der Waals surface area contributed by atoms with Gasteiger partial charge in [0.05, 0.1) is 6.42 Å². The van der Waals surface area contributed by atoms with Gasteiger partial charge in [0.25, 0.3) is 0 Å². The Bertz CT molecular complexity index is 348. The predicted octanol–water partition coefficient (Wildman–Crippen LogP) is 1.66. The molecule has 1 heterocycles. The summed E-state index contributed by atoms with van der Waals surface area (Å²) >= 11 is 1.60. The molecule has 0 spiro atoms. The SMILES string of the molecule is CC(CC(=O)O)NC(=O)CCc1ccsc1. The number of nitrogens with one attached hydrogen (secondary N) is 1. The second-order valence-electron chi connectivity index (χ2n) is 3.70. The molecule has 1 amide bonds. The van der Waals surface area contributed by atoms with Gasteiger partial charge >= 0.3 is 5.97 Å². The summed E-state index contributed by atoms with van der Waals surface area (Å²) in [7, 11) is 0. The highest BCUT2D eigenvalue weighted by molar-refractivity contribution is 7.07.